The van der Waals surface area contributed by atoms with E-state index in [1.807, 2.05) is 4.31 Å². The van der Waals surface area contributed by atoms with Crippen molar-refractivity contribution in [2.45, 2.75) is 30.7 Å². The minimum Gasteiger partial charge on any atom is -0.315 e. The van der Waals surface area contributed by atoms with Crippen LogP contribution in [-0.4, -0.2) is 11.3 Å². The van der Waals surface area contributed by atoms with E-state index in [-0.39, 0.29) is 16.2 Å². The van der Waals surface area contributed by atoms with E-state index < -0.39 is 11.7 Å². The van der Waals surface area contributed by atoms with Gasteiger partial charge in [0.15, 0.2) is 0 Å². The second-order valence-electron chi connectivity index (χ2n) is 7.36. The summed E-state index contributed by atoms with van der Waals surface area (Å²) in [6, 6.07) is 7.97. The largest absolute Gasteiger partial charge is 0.417 e. The molecule has 7 heteroatoms. The van der Waals surface area contributed by atoms with E-state index in [4.69, 9.17) is 5.26 Å². The van der Waals surface area contributed by atoms with Gasteiger partial charge in [0.25, 0.3) is 0 Å². The van der Waals surface area contributed by atoms with Gasteiger partial charge in [-0.3, -0.25) is 0 Å². The molecule has 3 fully saturated rings. The summed E-state index contributed by atoms with van der Waals surface area (Å²) in [5.41, 5.74) is -0.746. The zero-order valence-corrected chi connectivity index (χ0v) is 14.4. The summed E-state index contributed by atoms with van der Waals surface area (Å²) >= 11 is 1.58. The quantitative estimate of drug-likeness (QED) is 0.684. The molecule has 1 aromatic carbocycles. The molecular formula is C18H16F3N3S. The van der Waals surface area contributed by atoms with E-state index in [2.05, 4.69) is 13.0 Å². The Morgan fingerprint density at radius 1 is 1.24 bits per heavy atom. The Morgan fingerprint density at radius 2 is 2.00 bits per heavy atom. The molecule has 0 radical (unpaired) electrons. The highest BCUT2D eigenvalue weighted by Crippen LogP contribution is 2.66. The van der Waals surface area contributed by atoms with E-state index >= 15 is 0 Å². The molecule has 2 aliphatic carbocycles. The smallest absolute Gasteiger partial charge is 0.315 e. The fourth-order valence-electron chi connectivity index (χ4n) is 5.02. The number of anilines is 1. The standard InChI is InChI=1S/C18H16F3N3S/c1-17-14-5-11(4-12(14)8-23)16(17)9-24(25-17)13-3-2-10(7-22)15(6-13)18(19,20)21/h2-3,6,11-12,14,16H,4-5,9H2,1H3/t11-,12+,14-,16-,17+/m0/s1. The second-order valence-corrected chi connectivity index (χ2v) is 8.86. The number of hydrogen-bond acceptors (Lipinski definition) is 4. The van der Waals surface area contributed by atoms with Gasteiger partial charge < -0.3 is 4.31 Å². The minimum absolute atomic E-state index is 0.0606. The fourth-order valence-corrected chi connectivity index (χ4v) is 6.75. The van der Waals surface area contributed by atoms with Gasteiger partial charge in [-0.25, -0.2) is 0 Å². The van der Waals surface area contributed by atoms with Gasteiger partial charge >= 0.3 is 6.18 Å². The SMILES string of the molecule is C[C@]12SN(c3ccc(C#N)c(C(F)(F)F)c3)C[C@H]1[C@H]1C[C@H](C#N)[C@@H]2C1. The average molecular weight is 363 g/mol. The van der Waals surface area contributed by atoms with Crippen molar-refractivity contribution in [2.24, 2.45) is 23.7 Å². The maximum absolute atomic E-state index is 13.2. The van der Waals surface area contributed by atoms with Gasteiger partial charge in [0.1, 0.15) is 0 Å². The third kappa shape index (κ3) is 2.33. The monoisotopic (exact) mass is 363 g/mol. The molecule has 2 bridgehead atoms. The molecule has 25 heavy (non-hydrogen) atoms. The molecular weight excluding hydrogens is 347 g/mol. The molecule has 3 aliphatic rings. The molecule has 0 amide bonds. The van der Waals surface area contributed by atoms with Gasteiger partial charge in [-0.1, -0.05) is 0 Å². The highest BCUT2D eigenvalue weighted by molar-refractivity contribution is 8.02. The minimum atomic E-state index is -4.55. The molecule has 130 valence electrons. The summed E-state index contributed by atoms with van der Waals surface area (Å²) in [4.78, 5) is 0. The first kappa shape index (κ1) is 16.6. The molecule has 0 unspecified atom stereocenters. The third-order valence-electron chi connectivity index (χ3n) is 6.19. The van der Waals surface area contributed by atoms with E-state index in [1.54, 1.807) is 24.1 Å². The Kier molecular flexibility index (Phi) is 3.53. The molecule has 0 spiro atoms. The Morgan fingerprint density at radius 3 is 2.64 bits per heavy atom. The van der Waals surface area contributed by atoms with E-state index in [1.165, 1.54) is 6.07 Å². The zero-order valence-electron chi connectivity index (χ0n) is 13.5. The number of halogens is 3. The normalized spacial score (nSPS) is 36.2. The van der Waals surface area contributed by atoms with Crippen LogP contribution in [0.3, 0.4) is 0 Å². The van der Waals surface area contributed by atoms with Crippen molar-refractivity contribution < 1.29 is 13.2 Å². The number of fused-ring (bicyclic) bond motifs is 5. The van der Waals surface area contributed by atoms with Crippen LogP contribution < -0.4 is 4.31 Å². The van der Waals surface area contributed by atoms with Crippen LogP contribution in [0.25, 0.3) is 0 Å². The Hall–Kier alpha value is -1.86. The lowest BCUT2D eigenvalue weighted by molar-refractivity contribution is -0.137. The van der Waals surface area contributed by atoms with Crippen molar-refractivity contribution in [3.63, 3.8) is 0 Å². The van der Waals surface area contributed by atoms with Crippen LogP contribution in [0, 0.1) is 46.3 Å². The molecule has 4 rings (SSSR count). The lowest BCUT2D eigenvalue weighted by Gasteiger charge is -2.35. The zero-order chi connectivity index (χ0) is 18.0. The van der Waals surface area contributed by atoms with Crippen LogP contribution in [-0.2, 0) is 6.18 Å². The molecule has 1 saturated heterocycles. The van der Waals surface area contributed by atoms with Crippen LogP contribution in [0.4, 0.5) is 18.9 Å². The van der Waals surface area contributed by atoms with Crippen LogP contribution in [0.1, 0.15) is 30.9 Å². The second kappa shape index (κ2) is 5.32. The highest BCUT2D eigenvalue weighted by atomic mass is 32.2. The molecule has 5 atom stereocenters. The van der Waals surface area contributed by atoms with Crippen LogP contribution in [0.15, 0.2) is 18.2 Å². The number of nitrogens with zero attached hydrogens (tertiary/aromatic N) is 3. The Balaban J connectivity index is 1.66. The number of rotatable bonds is 1. The van der Waals surface area contributed by atoms with Crippen molar-refractivity contribution >= 4 is 17.6 Å². The van der Waals surface area contributed by atoms with Crippen LogP contribution >= 0.6 is 11.9 Å². The average Bonchev–Trinajstić information content (AvgIpc) is 3.21. The fraction of sp³-hybridized carbons (Fsp3) is 0.556. The molecule has 1 aromatic rings. The first-order valence-electron chi connectivity index (χ1n) is 8.25. The number of alkyl halides is 3. The van der Waals surface area contributed by atoms with Gasteiger partial charge in [-0.2, -0.15) is 23.7 Å². The van der Waals surface area contributed by atoms with Crippen LogP contribution in [0.2, 0.25) is 0 Å². The summed E-state index contributed by atoms with van der Waals surface area (Å²) in [5, 5.41) is 18.3. The lowest BCUT2D eigenvalue weighted by Crippen LogP contribution is -2.38. The Labute approximate surface area is 148 Å². The molecule has 3 nitrogen and oxygen atoms in total. The first-order chi connectivity index (χ1) is 11.8. The summed E-state index contributed by atoms with van der Waals surface area (Å²) in [5.74, 6) is 1.25. The summed E-state index contributed by atoms with van der Waals surface area (Å²) in [6.45, 7) is 2.86. The molecule has 1 aliphatic heterocycles. The maximum Gasteiger partial charge on any atom is 0.417 e. The molecule has 0 aromatic heterocycles. The van der Waals surface area contributed by atoms with Gasteiger partial charge in [-0.15, -0.1) is 0 Å². The summed E-state index contributed by atoms with van der Waals surface area (Å²) in [7, 11) is 0. The third-order valence-corrected chi connectivity index (χ3v) is 7.77. The number of hydrogen-bond donors (Lipinski definition) is 0. The van der Waals surface area contributed by atoms with Crippen molar-refractivity contribution in [3.05, 3.63) is 29.3 Å². The summed E-state index contributed by atoms with van der Waals surface area (Å²) in [6.07, 6.45) is -2.57. The first-order valence-corrected chi connectivity index (χ1v) is 9.03. The van der Waals surface area contributed by atoms with Gasteiger partial charge in [-0.05, 0) is 67.7 Å². The number of nitriles is 2. The Bertz CT molecular complexity index is 809. The molecule has 2 saturated carbocycles. The predicted molar refractivity (Wildman–Crippen MR) is 88.3 cm³/mol. The van der Waals surface area contributed by atoms with Crippen molar-refractivity contribution in [1.29, 1.82) is 10.5 Å². The highest BCUT2D eigenvalue weighted by Gasteiger charge is 2.64. The molecule has 0 N–H and O–H groups in total. The topological polar surface area (TPSA) is 50.8 Å². The summed E-state index contributed by atoms with van der Waals surface area (Å²) < 4.78 is 41.5. The number of benzene rings is 1. The molecule has 1 heterocycles. The van der Waals surface area contributed by atoms with Gasteiger partial charge in [0.2, 0.25) is 0 Å². The van der Waals surface area contributed by atoms with Gasteiger partial charge in [0, 0.05) is 17.0 Å². The van der Waals surface area contributed by atoms with Crippen LogP contribution in [0.5, 0.6) is 0 Å². The van der Waals surface area contributed by atoms with Crippen molar-refractivity contribution in [1.82, 2.24) is 0 Å². The maximum atomic E-state index is 13.2. The van der Waals surface area contributed by atoms with E-state index in [0.29, 0.717) is 30.0 Å². The van der Waals surface area contributed by atoms with E-state index in [0.717, 1.165) is 18.9 Å². The van der Waals surface area contributed by atoms with Gasteiger partial charge in [0.05, 0.1) is 29.2 Å². The van der Waals surface area contributed by atoms with Crippen molar-refractivity contribution in [2.75, 3.05) is 10.8 Å². The van der Waals surface area contributed by atoms with E-state index in [9.17, 15) is 18.4 Å². The van der Waals surface area contributed by atoms with Crippen molar-refractivity contribution in [3.8, 4) is 12.1 Å². The lowest BCUT2D eigenvalue weighted by atomic mass is 9.74. The predicted octanol–water partition coefficient (Wildman–Crippen LogP) is 4.60.